The summed E-state index contributed by atoms with van der Waals surface area (Å²) < 4.78 is 5.03. The highest BCUT2D eigenvalue weighted by molar-refractivity contribution is 5.77. The molecule has 1 amide bonds. The number of hydrogen-bond acceptors (Lipinski definition) is 3. The fraction of sp³-hybridized carbons (Fsp3) is 0.933. The molecular formula is C15H32N2O2. The third kappa shape index (κ3) is 15.3. The van der Waals surface area contributed by atoms with Crippen LogP contribution in [-0.4, -0.2) is 38.3 Å². The molecule has 0 aliphatic heterocycles. The molecule has 0 heterocycles. The summed E-state index contributed by atoms with van der Waals surface area (Å²) in [6.45, 7) is 8.95. The molecule has 0 fully saturated rings. The fourth-order valence-corrected chi connectivity index (χ4v) is 1.82. The highest BCUT2D eigenvalue weighted by Crippen LogP contribution is 2.04. The first-order chi connectivity index (χ1) is 9.16. The predicted octanol–water partition coefficient (Wildman–Crippen LogP) is 2.48. The van der Waals surface area contributed by atoms with Crippen molar-refractivity contribution in [3.05, 3.63) is 0 Å². The van der Waals surface area contributed by atoms with Crippen molar-refractivity contribution in [2.24, 2.45) is 0 Å². The molecule has 114 valence electrons. The summed E-state index contributed by atoms with van der Waals surface area (Å²) in [7, 11) is 0. The lowest BCUT2D eigenvalue weighted by Crippen LogP contribution is -2.28. The Bertz CT molecular complexity index is 208. The van der Waals surface area contributed by atoms with E-state index in [1.165, 1.54) is 32.1 Å². The molecule has 0 aromatic rings. The number of unbranched alkanes of at least 4 members (excludes halogenated alkanes) is 5. The van der Waals surface area contributed by atoms with Crippen molar-refractivity contribution in [1.29, 1.82) is 0 Å². The van der Waals surface area contributed by atoms with Crippen LogP contribution in [0, 0.1) is 0 Å². The molecule has 0 bridgehead atoms. The lowest BCUT2D eigenvalue weighted by Gasteiger charge is -2.07. The van der Waals surface area contributed by atoms with Crippen molar-refractivity contribution in [2.75, 3.05) is 26.3 Å². The lowest BCUT2D eigenvalue weighted by molar-refractivity contribution is -0.125. The van der Waals surface area contributed by atoms with Crippen LogP contribution >= 0.6 is 0 Å². The maximum absolute atomic E-state index is 11.2. The summed E-state index contributed by atoms with van der Waals surface area (Å²) in [6, 6.07) is 0.597. The van der Waals surface area contributed by atoms with E-state index in [2.05, 4.69) is 24.5 Å². The van der Waals surface area contributed by atoms with Gasteiger partial charge in [-0.3, -0.25) is 4.79 Å². The van der Waals surface area contributed by atoms with Crippen LogP contribution in [0.25, 0.3) is 0 Å². The van der Waals surface area contributed by atoms with Gasteiger partial charge in [0.2, 0.25) is 5.91 Å². The Kier molecular flexibility index (Phi) is 13.4. The smallest absolute Gasteiger partial charge is 0.245 e. The van der Waals surface area contributed by atoms with Crippen molar-refractivity contribution in [2.45, 2.75) is 65.3 Å². The van der Waals surface area contributed by atoms with Gasteiger partial charge in [0.1, 0.15) is 6.61 Å². The van der Waals surface area contributed by atoms with Crippen LogP contribution in [0.15, 0.2) is 0 Å². The average Bonchev–Trinajstić information content (AvgIpc) is 2.38. The monoisotopic (exact) mass is 272 g/mol. The van der Waals surface area contributed by atoms with Gasteiger partial charge in [0.25, 0.3) is 0 Å². The minimum absolute atomic E-state index is 0.00149. The zero-order chi connectivity index (χ0) is 14.3. The van der Waals surface area contributed by atoms with Crippen molar-refractivity contribution >= 4 is 5.91 Å². The molecule has 0 unspecified atom stereocenters. The molecule has 4 nitrogen and oxygen atoms in total. The Morgan fingerprint density at radius 2 is 1.58 bits per heavy atom. The Morgan fingerprint density at radius 3 is 2.16 bits per heavy atom. The van der Waals surface area contributed by atoms with E-state index in [4.69, 9.17) is 4.74 Å². The minimum atomic E-state index is 0.00149. The van der Waals surface area contributed by atoms with E-state index in [0.717, 1.165) is 19.5 Å². The van der Waals surface area contributed by atoms with Crippen LogP contribution in [0.2, 0.25) is 0 Å². The van der Waals surface area contributed by atoms with Crippen LogP contribution in [-0.2, 0) is 9.53 Å². The molecular weight excluding hydrogens is 240 g/mol. The zero-order valence-electron chi connectivity index (χ0n) is 13.0. The summed E-state index contributed by atoms with van der Waals surface area (Å²) >= 11 is 0. The number of rotatable bonds is 13. The van der Waals surface area contributed by atoms with Gasteiger partial charge in [-0.2, -0.15) is 0 Å². The van der Waals surface area contributed by atoms with Crippen molar-refractivity contribution in [3.8, 4) is 0 Å². The van der Waals surface area contributed by atoms with E-state index in [1.54, 1.807) is 0 Å². The first kappa shape index (κ1) is 18.4. The van der Waals surface area contributed by atoms with Gasteiger partial charge < -0.3 is 15.4 Å². The third-order valence-corrected chi connectivity index (χ3v) is 2.92. The third-order valence-electron chi connectivity index (χ3n) is 2.92. The molecule has 19 heavy (non-hydrogen) atoms. The van der Waals surface area contributed by atoms with E-state index in [-0.39, 0.29) is 12.5 Å². The summed E-state index contributed by atoms with van der Waals surface area (Å²) in [5.74, 6) is 0.00149. The normalized spacial score (nSPS) is 10.9. The van der Waals surface area contributed by atoms with Crippen LogP contribution < -0.4 is 10.6 Å². The number of nitrogens with one attached hydrogen (secondary N) is 2. The number of carbonyl (C=O) groups excluding carboxylic acids is 1. The van der Waals surface area contributed by atoms with E-state index >= 15 is 0 Å². The van der Waals surface area contributed by atoms with Crippen LogP contribution in [0.4, 0.5) is 0 Å². The molecule has 0 saturated heterocycles. The topological polar surface area (TPSA) is 50.4 Å². The summed E-state index contributed by atoms with van der Waals surface area (Å²) in [5.41, 5.74) is 0. The van der Waals surface area contributed by atoms with Crippen LogP contribution in [0.3, 0.4) is 0 Å². The quantitative estimate of drug-likeness (QED) is 0.506. The van der Waals surface area contributed by atoms with E-state index in [1.807, 2.05) is 6.92 Å². The van der Waals surface area contributed by atoms with E-state index < -0.39 is 0 Å². The standard InChI is InChI=1S/C15H32N2O2/c1-4-19-13-15(18)17-12-10-8-6-5-7-9-11-16-14(2)3/h14,16H,4-13H2,1-3H3,(H,17,18). The molecule has 0 spiro atoms. The molecule has 0 atom stereocenters. The van der Waals surface area contributed by atoms with Gasteiger partial charge in [0, 0.05) is 19.2 Å². The second-order valence-electron chi connectivity index (χ2n) is 5.22. The summed E-state index contributed by atoms with van der Waals surface area (Å²) in [4.78, 5) is 11.2. The molecule has 2 N–H and O–H groups in total. The number of amides is 1. The molecule has 0 radical (unpaired) electrons. The van der Waals surface area contributed by atoms with Crippen LogP contribution in [0.5, 0.6) is 0 Å². The Morgan fingerprint density at radius 1 is 1.00 bits per heavy atom. The molecule has 0 rings (SSSR count). The molecule has 0 aromatic heterocycles. The van der Waals surface area contributed by atoms with Gasteiger partial charge in [-0.25, -0.2) is 0 Å². The predicted molar refractivity (Wildman–Crippen MR) is 80.3 cm³/mol. The average molecular weight is 272 g/mol. The molecule has 0 saturated carbocycles. The van der Waals surface area contributed by atoms with E-state index in [9.17, 15) is 4.79 Å². The van der Waals surface area contributed by atoms with Crippen molar-refractivity contribution in [3.63, 3.8) is 0 Å². The first-order valence-corrected chi connectivity index (χ1v) is 7.74. The Balaban J connectivity index is 3.08. The highest BCUT2D eigenvalue weighted by Gasteiger charge is 1.99. The number of ether oxygens (including phenoxy) is 1. The van der Waals surface area contributed by atoms with Crippen molar-refractivity contribution in [1.82, 2.24) is 10.6 Å². The Labute approximate surface area is 118 Å². The van der Waals surface area contributed by atoms with Gasteiger partial charge in [-0.15, -0.1) is 0 Å². The van der Waals surface area contributed by atoms with Gasteiger partial charge in [0.15, 0.2) is 0 Å². The SMILES string of the molecule is CCOCC(=O)NCCCCCCCCNC(C)C. The first-order valence-electron chi connectivity index (χ1n) is 7.74. The largest absolute Gasteiger partial charge is 0.372 e. The minimum Gasteiger partial charge on any atom is -0.372 e. The van der Waals surface area contributed by atoms with Gasteiger partial charge in [-0.05, 0) is 26.3 Å². The zero-order valence-corrected chi connectivity index (χ0v) is 13.0. The lowest BCUT2D eigenvalue weighted by atomic mass is 10.1. The molecule has 0 aromatic carbocycles. The van der Waals surface area contributed by atoms with E-state index in [0.29, 0.717) is 12.6 Å². The molecule has 0 aliphatic rings. The molecule has 4 heteroatoms. The van der Waals surface area contributed by atoms with Gasteiger partial charge in [0.05, 0.1) is 0 Å². The van der Waals surface area contributed by atoms with Crippen LogP contribution in [0.1, 0.15) is 59.3 Å². The number of carbonyl (C=O) groups is 1. The van der Waals surface area contributed by atoms with Crippen molar-refractivity contribution < 1.29 is 9.53 Å². The second kappa shape index (κ2) is 13.8. The second-order valence-corrected chi connectivity index (χ2v) is 5.22. The molecule has 0 aliphatic carbocycles. The Hall–Kier alpha value is -0.610. The van der Waals surface area contributed by atoms with Gasteiger partial charge in [-0.1, -0.05) is 39.5 Å². The maximum Gasteiger partial charge on any atom is 0.245 e. The summed E-state index contributed by atoms with van der Waals surface area (Å²) in [6.07, 6.45) is 7.41. The van der Waals surface area contributed by atoms with Gasteiger partial charge >= 0.3 is 0 Å². The number of hydrogen-bond donors (Lipinski definition) is 2. The maximum atomic E-state index is 11.2. The highest BCUT2D eigenvalue weighted by atomic mass is 16.5. The summed E-state index contributed by atoms with van der Waals surface area (Å²) in [5, 5.41) is 6.29. The fourth-order valence-electron chi connectivity index (χ4n) is 1.82.